The molecule has 0 saturated heterocycles. The summed E-state index contributed by atoms with van der Waals surface area (Å²) in [5, 5.41) is 14.1. The lowest BCUT2D eigenvalue weighted by Crippen LogP contribution is -2.14. The Bertz CT molecular complexity index is 1130. The summed E-state index contributed by atoms with van der Waals surface area (Å²) in [5.74, 6) is -0.322. The standard InChI is InChI=1S/C18H12N4O3/c23-9-12-5-13(24)7-14-16(12)21-18(20-14)22-17(25)15-6-10-3-1-2-4-11(10)8-19-15/h1-9,24H,(H2,20,21,22,25). The van der Waals surface area contributed by atoms with E-state index in [1.54, 1.807) is 12.3 Å². The highest BCUT2D eigenvalue weighted by Crippen LogP contribution is 2.23. The lowest BCUT2D eigenvalue weighted by atomic mass is 10.1. The molecule has 0 unspecified atom stereocenters. The Kier molecular flexibility index (Phi) is 3.39. The van der Waals surface area contributed by atoms with Gasteiger partial charge in [0.1, 0.15) is 17.0 Å². The molecular formula is C18H12N4O3. The number of aldehydes is 1. The van der Waals surface area contributed by atoms with Gasteiger partial charge in [-0.1, -0.05) is 24.3 Å². The number of hydrogen-bond acceptors (Lipinski definition) is 5. The number of anilines is 1. The maximum atomic E-state index is 12.4. The molecule has 1 amide bonds. The van der Waals surface area contributed by atoms with Gasteiger partial charge in [0, 0.05) is 23.2 Å². The molecule has 2 aromatic carbocycles. The number of aromatic hydroxyl groups is 1. The number of aromatic amines is 1. The fourth-order valence-electron chi connectivity index (χ4n) is 2.66. The van der Waals surface area contributed by atoms with E-state index >= 15 is 0 Å². The van der Waals surface area contributed by atoms with Gasteiger partial charge in [0.25, 0.3) is 5.91 Å². The van der Waals surface area contributed by atoms with Crippen LogP contribution in [0.15, 0.2) is 48.7 Å². The van der Waals surface area contributed by atoms with E-state index in [1.807, 2.05) is 24.3 Å². The zero-order valence-electron chi connectivity index (χ0n) is 12.9. The van der Waals surface area contributed by atoms with Crippen LogP contribution < -0.4 is 5.32 Å². The predicted molar refractivity (Wildman–Crippen MR) is 92.8 cm³/mol. The lowest BCUT2D eigenvalue weighted by Gasteiger charge is -2.03. The highest BCUT2D eigenvalue weighted by atomic mass is 16.3. The minimum Gasteiger partial charge on any atom is -0.508 e. The van der Waals surface area contributed by atoms with Gasteiger partial charge in [0.15, 0.2) is 6.29 Å². The fourth-order valence-corrected chi connectivity index (χ4v) is 2.66. The minimum atomic E-state index is -0.429. The number of phenolic OH excluding ortho intramolecular Hbond substituents is 1. The van der Waals surface area contributed by atoms with Crippen LogP contribution in [0.2, 0.25) is 0 Å². The van der Waals surface area contributed by atoms with Crippen molar-refractivity contribution in [3.63, 3.8) is 0 Å². The van der Waals surface area contributed by atoms with Crippen LogP contribution in [-0.4, -0.2) is 32.3 Å². The molecule has 122 valence electrons. The van der Waals surface area contributed by atoms with Gasteiger partial charge in [-0.25, -0.2) is 4.98 Å². The van der Waals surface area contributed by atoms with Crippen molar-refractivity contribution < 1.29 is 14.7 Å². The average Bonchev–Trinajstić information content (AvgIpc) is 3.02. The number of imidazole rings is 1. The van der Waals surface area contributed by atoms with Gasteiger partial charge in [-0.05, 0) is 17.5 Å². The van der Waals surface area contributed by atoms with Gasteiger partial charge < -0.3 is 10.1 Å². The topological polar surface area (TPSA) is 108 Å². The smallest absolute Gasteiger partial charge is 0.276 e. The number of aromatic nitrogens is 3. The molecule has 7 heteroatoms. The predicted octanol–water partition coefficient (Wildman–Crippen LogP) is 2.88. The molecule has 0 aliphatic heterocycles. The summed E-state index contributed by atoms with van der Waals surface area (Å²) in [5.41, 5.74) is 1.30. The third-order valence-electron chi connectivity index (χ3n) is 3.82. The quantitative estimate of drug-likeness (QED) is 0.500. The molecule has 4 aromatic rings. The first kappa shape index (κ1) is 14.8. The number of rotatable bonds is 3. The van der Waals surface area contributed by atoms with E-state index in [0.717, 1.165) is 10.8 Å². The molecular weight excluding hydrogens is 320 g/mol. The Balaban J connectivity index is 1.67. The van der Waals surface area contributed by atoms with E-state index in [2.05, 4.69) is 20.3 Å². The van der Waals surface area contributed by atoms with Crippen LogP contribution in [0.4, 0.5) is 5.95 Å². The van der Waals surface area contributed by atoms with E-state index in [9.17, 15) is 14.7 Å². The Morgan fingerprint density at radius 3 is 2.76 bits per heavy atom. The minimum absolute atomic E-state index is 0.0627. The maximum absolute atomic E-state index is 12.4. The van der Waals surface area contributed by atoms with Crippen LogP contribution in [0, 0.1) is 0 Å². The van der Waals surface area contributed by atoms with E-state index in [0.29, 0.717) is 17.3 Å². The summed E-state index contributed by atoms with van der Waals surface area (Å²) in [7, 11) is 0. The summed E-state index contributed by atoms with van der Waals surface area (Å²) < 4.78 is 0. The van der Waals surface area contributed by atoms with Crippen molar-refractivity contribution in [2.45, 2.75) is 0 Å². The number of phenols is 1. The van der Waals surface area contributed by atoms with Gasteiger partial charge in [-0.15, -0.1) is 0 Å². The van der Waals surface area contributed by atoms with E-state index in [1.165, 1.54) is 12.1 Å². The van der Waals surface area contributed by atoms with E-state index in [-0.39, 0.29) is 23.0 Å². The van der Waals surface area contributed by atoms with Gasteiger partial charge >= 0.3 is 0 Å². The molecule has 2 aromatic heterocycles. The van der Waals surface area contributed by atoms with Crippen LogP contribution in [0.1, 0.15) is 20.8 Å². The fraction of sp³-hybridized carbons (Fsp3) is 0. The van der Waals surface area contributed by atoms with Crippen LogP contribution >= 0.6 is 0 Å². The summed E-state index contributed by atoms with van der Waals surface area (Å²) >= 11 is 0. The van der Waals surface area contributed by atoms with E-state index in [4.69, 9.17) is 0 Å². The van der Waals surface area contributed by atoms with Gasteiger partial charge in [-0.2, -0.15) is 0 Å². The summed E-state index contributed by atoms with van der Waals surface area (Å²) in [4.78, 5) is 34.7. The second-order valence-electron chi connectivity index (χ2n) is 5.51. The lowest BCUT2D eigenvalue weighted by molar-refractivity contribution is 0.102. The number of fused-ring (bicyclic) bond motifs is 2. The largest absolute Gasteiger partial charge is 0.508 e. The molecule has 7 nitrogen and oxygen atoms in total. The van der Waals surface area contributed by atoms with Crippen molar-refractivity contribution in [2.75, 3.05) is 5.32 Å². The number of nitrogens with zero attached hydrogens (tertiary/aromatic N) is 2. The van der Waals surface area contributed by atoms with Crippen molar-refractivity contribution in [1.29, 1.82) is 0 Å². The first-order chi connectivity index (χ1) is 12.1. The summed E-state index contributed by atoms with van der Waals surface area (Å²) in [6, 6.07) is 12.0. The number of amides is 1. The van der Waals surface area contributed by atoms with Crippen molar-refractivity contribution in [3.8, 4) is 5.75 Å². The molecule has 3 N–H and O–H groups in total. The van der Waals surface area contributed by atoms with Crippen LogP contribution in [0.3, 0.4) is 0 Å². The van der Waals surface area contributed by atoms with Crippen LogP contribution in [-0.2, 0) is 0 Å². The van der Waals surface area contributed by atoms with Crippen molar-refractivity contribution in [1.82, 2.24) is 15.0 Å². The second kappa shape index (κ2) is 5.72. The molecule has 0 saturated carbocycles. The van der Waals surface area contributed by atoms with E-state index < -0.39 is 5.91 Å². The zero-order chi connectivity index (χ0) is 17.4. The molecule has 0 radical (unpaired) electrons. The molecule has 0 fully saturated rings. The highest BCUT2D eigenvalue weighted by Gasteiger charge is 2.13. The monoisotopic (exact) mass is 332 g/mol. The highest BCUT2D eigenvalue weighted by molar-refractivity contribution is 6.05. The summed E-state index contributed by atoms with van der Waals surface area (Å²) in [6.07, 6.45) is 2.23. The van der Waals surface area contributed by atoms with Gasteiger partial charge in [-0.3, -0.25) is 19.9 Å². The molecule has 25 heavy (non-hydrogen) atoms. The van der Waals surface area contributed by atoms with Crippen molar-refractivity contribution in [3.05, 3.63) is 59.9 Å². The number of nitrogens with one attached hydrogen (secondary N) is 2. The van der Waals surface area contributed by atoms with Crippen LogP contribution in [0.5, 0.6) is 5.75 Å². The number of H-pyrrole nitrogens is 1. The summed E-state index contributed by atoms with van der Waals surface area (Å²) in [6.45, 7) is 0. The zero-order valence-corrected chi connectivity index (χ0v) is 12.9. The first-order valence-electron chi connectivity index (χ1n) is 7.48. The molecule has 0 aliphatic carbocycles. The number of carbonyl (C=O) groups excluding carboxylic acids is 2. The second-order valence-corrected chi connectivity index (χ2v) is 5.51. The van der Waals surface area contributed by atoms with Gasteiger partial charge in [0.2, 0.25) is 5.95 Å². The molecule has 0 aliphatic rings. The van der Waals surface area contributed by atoms with Gasteiger partial charge in [0.05, 0.1) is 5.52 Å². The SMILES string of the molecule is O=Cc1cc(O)cc2[nH]c(NC(=O)c3cc4ccccc4cn3)nc12. The first-order valence-corrected chi connectivity index (χ1v) is 7.48. The number of carbonyl (C=O) groups is 2. The number of pyridine rings is 1. The Morgan fingerprint density at radius 1 is 1.16 bits per heavy atom. The Labute approximate surface area is 141 Å². The molecule has 0 atom stereocenters. The third-order valence-corrected chi connectivity index (χ3v) is 3.82. The van der Waals surface area contributed by atoms with Crippen molar-refractivity contribution in [2.24, 2.45) is 0 Å². The normalized spacial score (nSPS) is 10.9. The molecule has 0 bridgehead atoms. The Morgan fingerprint density at radius 2 is 1.96 bits per heavy atom. The Hall–Kier alpha value is -3.74. The average molecular weight is 332 g/mol. The molecule has 4 rings (SSSR count). The number of benzene rings is 2. The number of hydrogen-bond donors (Lipinski definition) is 3. The van der Waals surface area contributed by atoms with Crippen molar-refractivity contribution >= 4 is 39.9 Å². The molecule has 0 spiro atoms. The third kappa shape index (κ3) is 2.67. The maximum Gasteiger partial charge on any atom is 0.276 e. The molecule has 2 heterocycles. The van der Waals surface area contributed by atoms with Crippen LogP contribution in [0.25, 0.3) is 21.8 Å².